The molecular formula is C26H27ClN6O3S. The first kappa shape index (κ1) is 25.2. The lowest BCUT2D eigenvalue weighted by Crippen LogP contribution is -2.33. The second-order valence-electron chi connectivity index (χ2n) is 8.79. The van der Waals surface area contributed by atoms with Crippen LogP contribution < -0.4 is 15.6 Å². The van der Waals surface area contributed by atoms with Gasteiger partial charge < -0.3 is 15.0 Å². The molecule has 1 amide bonds. The maximum atomic E-state index is 12.4. The van der Waals surface area contributed by atoms with Crippen molar-refractivity contribution in [2.45, 2.75) is 25.8 Å². The molecule has 5 rings (SSSR count). The zero-order valence-electron chi connectivity index (χ0n) is 20.2. The normalized spacial score (nSPS) is 14.0. The minimum atomic E-state index is -0.217. The molecule has 3 aromatic heterocycles. The Morgan fingerprint density at radius 3 is 2.81 bits per heavy atom. The number of hydrogen-bond donors (Lipinski definition) is 2. The molecule has 0 saturated carbocycles. The molecule has 0 radical (unpaired) electrons. The van der Waals surface area contributed by atoms with E-state index in [9.17, 15) is 9.59 Å². The Kier molecular flexibility index (Phi) is 7.98. The number of piperidine rings is 1. The van der Waals surface area contributed by atoms with E-state index in [0.717, 1.165) is 25.2 Å². The highest BCUT2D eigenvalue weighted by Gasteiger charge is 2.15. The fraction of sp³-hybridized carbons (Fsp3) is 0.308. The highest BCUT2D eigenvalue weighted by molar-refractivity contribution is 7.17. The SMILES string of the molecule is O=C(NCc1cn(-c2ccc(-c3ccc[nH]c3=O)cc2OCCN2CCCCC2)nn1)c1ccc(Cl)s1. The average molecular weight is 539 g/mol. The molecule has 2 N–H and O–H groups in total. The minimum Gasteiger partial charge on any atom is -0.490 e. The number of carbonyl (C=O) groups is 1. The van der Waals surface area contributed by atoms with E-state index in [4.69, 9.17) is 16.3 Å². The van der Waals surface area contributed by atoms with Gasteiger partial charge in [-0.2, -0.15) is 0 Å². The Bertz CT molecular complexity index is 1430. The van der Waals surface area contributed by atoms with Crippen LogP contribution >= 0.6 is 22.9 Å². The van der Waals surface area contributed by atoms with E-state index in [1.54, 1.807) is 41.3 Å². The number of nitrogens with one attached hydrogen (secondary N) is 2. The van der Waals surface area contributed by atoms with Crippen LogP contribution in [0.3, 0.4) is 0 Å². The van der Waals surface area contributed by atoms with E-state index in [1.807, 2.05) is 18.2 Å². The number of nitrogens with zero attached hydrogens (tertiary/aromatic N) is 4. The van der Waals surface area contributed by atoms with Crippen LogP contribution in [-0.2, 0) is 6.54 Å². The summed E-state index contributed by atoms with van der Waals surface area (Å²) in [4.78, 5) is 30.4. The summed E-state index contributed by atoms with van der Waals surface area (Å²) in [6.45, 7) is 3.74. The molecule has 1 aliphatic heterocycles. The molecule has 0 spiro atoms. The number of pyridine rings is 1. The predicted octanol–water partition coefficient (Wildman–Crippen LogP) is 4.13. The smallest absolute Gasteiger partial charge is 0.261 e. The van der Waals surface area contributed by atoms with Gasteiger partial charge >= 0.3 is 0 Å². The third kappa shape index (κ3) is 6.27. The number of hydrogen-bond acceptors (Lipinski definition) is 7. The van der Waals surface area contributed by atoms with E-state index in [0.29, 0.717) is 38.5 Å². The molecule has 1 aliphatic rings. The number of aromatic nitrogens is 4. The Hall–Kier alpha value is -3.47. The van der Waals surface area contributed by atoms with Gasteiger partial charge in [-0.25, -0.2) is 4.68 Å². The first-order valence-electron chi connectivity index (χ1n) is 12.2. The molecule has 0 aliphatic carbocycles. The largest absolute Gasteiger partial charge is 0.490 e. The number of carbonyl (C=O) groups excluding carboxylic acids is 1. The molecular weight excluding hydrogens is 512 g/mol. The molecule has 9 nitrogen and oxygen atoms in total. The van der Waals surface area contributed by atoms with E-state index < -0.39 is 0 Å². The molecule has 192 valence electrons. The van der Waals surface area contributed by atoms with Crippen molar-refractivity contribution in [1.29, 1.82) is 0 Å². The Balaban J connectivity index is 1.34. The number of benzene rings is 1. The summed E-state index contributed by atoms with van der Waals surface area (Å²) in [5.74, 6) is 0.386. The number of amides is 1. The predicted molar refractivity (Wildman–Crippen MR) is 144 cm³/mol. The molecule has 0 atom stereocenters. The van der Waals surface area contributed by atoms with Gasteiger partial charge in [-0.05, 0) is 67.9 Å². The van der Waals surface area contributed by atoms with Gasteiger partial charge in [0.05, 0.1) is 22.0 Å². The monoisotopic (exact) mass is 538 g/mol. The van der Waals surface area contributed by atoms with E-state index in [1.165, 1.54) is 30.6 Å². The van der Waals surface area contributed by atoms with Crippen molar-refractivity contribution in [3.8, 4) is 22.6 Å². The summed E-state index contributed by atoms with van der Waals surface area (Å²) in [7, 11) is 0. The number of ether oxygens (including phenoxy) is 1. The van der Waals surface area contributed by atoms with Crippen LogP contribution in [0.5, 0.6) is 5.75 Å². The molecule has 4 aromatic rings. The van der Waals surface area contributed by atoms with Gasteiger partial charge in [0.25, 0.3) is 11.5 Å². The van der Waals surface area contributed by atoms with Crippen molar-refractivity contribution >= 4 is 28.8 Å². The van der Waals surface area contributed by atoms with Gasteiger partial charge in [0.1, 0.15) is 23.7 Å². The van der Waals surface area contributed by atoms with Crippen molar-refractivity contribution < 1.29 is 9.53 Å². The summed E-state index contributed by atoms with van der Waals surface area (Å²) in [6.07, 6.45) is 7.08. The lowest BCUT2D eigenvalue weighted by molar-refractivity contribution is 0.0954. The Labute approximate surface area is 223 Å². The summed E-state index contributed by atoms with van der Waals surface area (Å²) < 4.78 is 8.42. The fourth-order valence-corrected chi connectivity index (χ4v) is 5.25. The number of thiophene rings is 1. The maximum absolute atomic E-state index is 12.4. The summed E-state index contributed by atoms with van der Waals surface area (Å²) in [6, 6.07) is 12.5. The van der Waals surface area contributed by atoms with Gasteiger partial charge in [0.15, 0.2) is 0 Å². The first-order chi connectivity index (χ1) is 18.1. The number of rotatable bonds is 9. The van der Waals surface area contributed by atoms with Crippen LogP contribution in [0, 0.1) is 0 Å². The second-order valence-corrected chi connectivity index (χ2v) is 10.5. The van der Waals surface area contributed by atoms with Crippen LogP contribution in [-0.4, -0.2) is 57.0 Å². The van der Waals surface area contributed by atoms with Crippen LogP contribution in [0.4, 0.5) is 0 Å². The first-order valence-corrected chi connectivity index (χ1v) is 13.4. The molecule has 1 saturated heterocycles. The van der Waals surface area contributed by atoms with Gasteiger partial charge in [0, 0.05) is 18.3 Å². The fourth-order valence-electron chi connectivity index (χ4n) is 4.29. The van der Waals surface area contributed by atoms with Crippen LogP contribution in [0.15, 0.2) is 59.7 Å². The van der Waals surface area contributed by atoms with Crippen molar-refractivity contribution in [3.05, 3.63) is 80.1 Å². The lowest BCUT2D eigenvalue weighted by Gasteiger charge is -2.26. The Morgan fingerprint density at radius 1 is 1.16 bits per heavy atom. The van der Waals surface area contributed by atoms with Crippen LogP contribution in [0.25, 0.3) is 16.8 Å². The van der Waals surface area contributed by atoms with Gasteiger partial charge in [-0.15, -0.1) is 16.4 Å². The molecule has 4 heterocycles. The van der Waals surface area contributed by atoms with Crippen LogP contribution in [0.2, 0.25) is 4.34 Å². The van der Waals surface area contributed by atoms with Crippen LogP contribution in [0.1, 0.15) is 34.6 Å². The molecule has 0 bridgehead atoms. The minimum absolute atomic E-state index is 0.166. The molecule has 11 heteroatoms. The second kappa shape index (κ2) is 11.7. The molecule has 0 unspecified atom stereocenters. The van der Waals surface area contributed by atoms with E-state index in [-0.39, 0.29) is 18.0 Å². The summed E-state index contributed by atoms with van der Waals surface area (Å²) in [5, 5.41) is 11.3. The van der Waals surface area contributed by atoms with E-state index >= 15 is 0 Å². The highest BCUT2D eigenvalue weighted by Crippen LogP contribution is 2.29. The third-order valence-electron chi connectivity index (χ3n) is 6.22. The van der Waals surface area contributed by atoms with Crippen molar-refractivity contribution in [2.24, 2.45) is 0 Å². The van der Waals surface area contributed by atoms with Gasteiger partial charge in [-0.3, -0.25) is 14.5 Å². The van der Waals surface area contributed by atoms with E-state index in [2.05, 4.69) is 25.5 Å². The standard InChI is InChI=1S/C26H27ClN6O3S/c27-24-9-8-23(37-24)26(35)29-16-19-17-33(31-30-19)21-7-6-18(20-5-4-10-28-25(20)34)15-22(21)36-14-13-32-11-2-1-3-12-32/h4-10,15,17H,1-3,11-14,16H2,(H,28,34)(H,29,35). The number of aromatic amines is 1. The Morgan fingerprint density at radius 2 is 2.03 bits per heavy atom. The summed E-state index contributed by atoms with van der Waals surface area (Å²) >= 11 is 7.15. The van der Waals surface area contributed by atoms with Crippen molar-refractivity contribution in [2.75, 3.05) is 26.2 Å². The number of H-pyrrole nitrogens is 1. The topological polar surface area (TPSA) is 105 Å². The quantitative estimate of drug-likeness (QED) is 0.332. The zero-order chi connectivity index (χ0) is 25.6. The zero-order valence-corrected chi connectivity index (χ0v) is 21.7. The van der Waals surface area contributed by atoms with Gasteiger partial charge in [-0.1, -0.05) is 29.3 Å². The molecule has 1 fully saturated rings. The van der Waals surface area contributed by atoms with Crippen molar-refractivity contribution in [1.82, 2.24) is 30.2 Å². The number of likely N-dealkylation sites (tertiary alicyclic amines) is 1. The molecule has 1 aromatic carbocycles. The molecule has 37 heavy (non-hydrogen) atoms. The average Bonchev–Trinajstić information content (AvgIpc) is 3.57. The van der Waals surface area contributed by atoms with Gasteiger partial charge in [0.2, 0.25) is 0 Å². The lowest BCUT2D eigenvalue weighted by atomic mass is 10.1. The third-order valence-corrected chi connectivity index (χ3v) is 7.45. The summed E-state index contributed by atoms with van der Waals surface area (Å²) in [5.41, 5.74) is 2.44. The maximum Gasteiger partial charge on any atom is 0.261 e. The highest BCUT2D eigenvalue weighted by atomic mass is 35.5. The number of halogens is 1. The van der Waals surface area contributed by atoms with Crippen molar-refractivity contribution in [3.63, 3.8) is 0 Å².